The summed E-state index contributed by atoms with van der Waals surface area (Å²) in [5, 5.41) is 3.52. The van der Waals surface area contributed by atoms with Crippen molar-refractivity contribution >= 4 is 17.2 Å². The zero-order chi connectivity index (χ0) is 11.8. The summed E-state index contributed by atoms with van der Waals surface area (Å²) in [6, 6.07) is 0.515. The molecule has 1 N–H and O–H groups in total. The Morgan fingerprint density at radius 3 is 3.18 bits per heavy atom. The maximum Gasteiger partial charge on any atom is 0.265 e. The van der Waals surface area contributed by atoms with E-state index in [1.54, 1.807) is 5.51 Å². The molecule has 1 aromatic rings. The molecule has 92 valence electrons. The van der Waals surface area contributed by atoms with Crippen LogP contribution in [-0.4, -0.2) is 41.5 Å². The predicted molar refractivity (Wildman–Crippen MR) is 67.3 cm³/mol. The van der Waals surface area contributed by atoms with Crippen LogP contribution in [0.4, 0.5) is 0 Å². The molecule has 0 aromatic carbocycles. The van der Waals surface area contributed by atoms with Gasteiger partial charge in [0, 0.05) is 19.1 Å². The van der Waals surface area contributed by atoms with Crippen molar-refractivity contribution in [2.45, 2.75) is 25.8 Å². The molecule has 2 unspecified atom stereocenters. The second kappa shape index (κ2) is 4.38. The maximum atomic E-state index is 12.3. The summed E-state index contributed by atoms with van der Waals surface area (Å²) in [5.41, 5.74) is 2.62. The van der Waals surface area contributed by atoms with Gasteiger partial charge >= 0.3 is 0 Å². The highest BCUT2D eigenvalue weighted by atomic mass is 32.1. The number of aromatic nitrogens is 1. The fourth-order valence-corrected chi connectivity index (χ4v) is 3.63. The number of hydrogen-bond donors (Lipinski definition) is 1. The van der Waals surface area contributed by atoms with Crippen LogP contribution in [0, 0.1) is 12.8 Å². The molecule has 4 nitrogen and oxygen atoms in total. The highest BCUT2D eigenvalue weighted by Crippen LogP contribution is 2.27. The fraction of sp³-hybridized carbons (Fsp3) is 0.667. The van der Waals surface area contributed by atoms with E-state index in [4.69, 9.17) is 0 Å². The Bertz CT molecular complexity index is 417. The first-order valence-corrected chi connectivity index (χ1v) is 7.06. The Balaban J connectivity index is 1.74. The zero-order valence-electron chi connectivity index (χ0n) is 9.98. The molecule has 0 aliphatic carbocycles. The van der Waals surface area contributed by atoms with E-state index >= 15 is 0 Å². The summed E-state index contributed by atoms with van der Waals surface area (Å²) in [7, 11) is 0. The fourth-order valence-electron chi connectivity index (χ4n) is 2.86. The highest BCUT2D eigenvalue weighted by Gasteiger charge is 2.37. The second-order valence-corrected chi connectivity index (χ2v) is 5.79. The highest BCUT2D eigenvalue weighted by molar-refractivity contribution is 7.11. The largest absolute Gasteiger partial charge is 0.336 e. The number of amides is 1. The van der Waals surface area contributed by atoms with Crippen molar-refractivity contribution in [1.82, 2.24) is 15.2 Å². The molecule has 0 bridgehead atoms. The molecule has 1 amide bonds. The van der Waals surface area contributed by atoms with Gasteiger partial charge in [0.05, 0.1) is 11.2 Å². The van der Waals surface area contributed by atoms with Crippen molar-refractivity contribution in [3.05, 3.63) is 16.1 Å². The van der Waals surface area contributed by atoms with Crippen molar-refractivity contribution in [3.63, 3.8) is 0 Å². The smallest absolute Gasteiger partial charge is 0.265 e. The van der Waals surface area contributed by atoms with Gasteiger partial charge in [-0.1, -0.05) is 0 Å². The topological polar surface area (TPSA) is 45.2 Å². The number of hydrogen-bond acceptors (Lipinski definition) is 4. The number of thiazole rings is 1. The maximum absolute atomic E-state index is 12.3. The van der Waals surface area contributed by atoms with E-state index in [-0.39, 0.29) is 5.91 Å². The summed E-state index contributed by atoms with van der Waals surface area (Å²) < 4.78 is 0. The number of nitrogens with one attached hydrogen (secondary N) is 1. The third kappa shape index (κ3) is 1.98. The van der Waals surface area contributed by atoms with E-state index < -0.39 is 0 Å². The Hall–Kier alpha value is -0.940. The molecule has 0 spiro atoms. The average molecular weight is 251 g/mol. The summed E-state index contributed by atoms with van der Waals surface area (Å²) in [6.45, 7) is 4.78. The Morgan fingerprint density at radius 1 is 1.59 bits per heavy atom. The number of likely N-dealkylation sites (tertiary alicyclic amines) is 1. The molecule has 0 radical (unpaired) electrons. The average Bonchev–Trinajstić information content (AvgIpc) is 2.93. The van der Waals surface area contributed by atoms with E-state index in [2.05, 4.69) is 10.3 Å². The van der Waals surface area contributed by atoms with Crippen LogP contribution in [0.2, 0.25) is 0 Å². The minimum atomic E-state index is 0.168. The molecule has 17 heavy (non-hydrogen) atoms. The number of piperidine rings is 1. The second-order valence-electron chi connectivity index (χ2n) is 4.94. The first-order chi connectivity index (χ1) is 8.25. The molecule has 2 fully saturated rings. The number of carbonyl (C=O) groups is 1. The molecule has 2 atom stereocenters. The third-order valence-electron chi connectivity index (χ3n) is 3.83. The normalized spacial score (nSPS) is 28.2. The first kappa shape index (κ1) is 11.2. The van der Waals surface area contributed by atoms with Crippen LogP contribution >= 0.6 is 11.3 Å². The molecular weight excluding hydrogens is 234 g/mol. The molecule has 3 rings (SSSR count). The molecular formula is C12H17N3OS. The molecule has 3 heterocycles. The van der Waals surface area contributed by atoms with Crippen molar-refractivity contribution in [1.29, 1.82) is 0 Å². The summed E-state index contributed by atoms with van der Waals surface area (Å²) >= 11 is 1.46. The van der Waals surface area contributed by atoms with Gasteiger partial charge < -0.3 is 10.2 Å². The van der Waals surface area contributed by atoms with Gasteiger partial charge in [0.25, 0.3) is 5.91 Å². The predicted octanol–water partition coefficient (Wildman–Crippen LogP) is 1.28. The Labute approximate surface area is 105 Å². The van der Waals surface area contributed by atoms with Gasteiger partial charge in [-0.05, 0) is 32.2 Å². The van der Waals surface area contributed by atoms with Gasteiger partial charge in [-0.3, -0.25) is 4.79 Å². The van der Waals surface area contributed by atoms with Crippen molar-refractivity contribution in [3.8, 4) is 0 Å². The molecule has 5 heteroatoms. The zero-order valence-corrected chi connectivity index (χ0v) is 10.8. The van der Waals surface area contributed by atoms with Crippen LogP contribution in [0.1, 0.15) is 28.2 Å². The Kier molecular flexibility index (Phi) is 2.88. The van der Waals surface area contributed by atoms with E-state index in [1.807, 2.05) is 11.8 Å². The van der Waals surface area contributed by atoms with Crippen LogP contribution in [0.25, 0.3) is 0 Å². The van der Waals surface area contributed by atoms with E-state index in [0.29, 0.717) is 12.0 Å². The molecule has 0 saturated carbocycles. The first-order valence-electron chi connectivity index (χ1n) is 6.18. The van der Waals surface area contributed by atoms with Crippen LogP contribution in [-0.2, 0) is 0 Å². The van der Waals surface area contributed by atoms with Gasteiger partial charge in [0.15, 0.2) is 0 Å². The number of carbonyl (C=O) groups excluding carboxylic acids is 1. The number of fused-ring (bicyclic) bond motifs is 1. The van der Waals surface area contributed by atoms with Crippen LogP contribution in [0.5, 0.6) is 0 Å². The minimum absolute atomic E-state index is 0.168. The van der Waals surface area contributed by atoms with E-state index in [1.165, 1.54) is 24.2 Å². The number of aryl methyl sites for hydroxylation is 1. The molecule has 2 aliphatic heterocycles. The lowest BCUT2D eigenvalue weighted by atomic mass is 9.94. The lowest BCUT2D eigenvalue weighted by molar-refractivity contribution is 0.0789. The summed E-state index contributed by atoms with van der Waals surface area (Å²) in [4.78, 5) is 19.3. The Morgan fingerprint density at radius 2 is 2.47 bits per heavy atom. The standard InChI is InChI=1S/C12H17N3OS/c1-8-11(17-7-14-8)12(16)15-5-9-3-2-4-13-10(9)6-15/h7,9-10,13H,2-6H2,1H3. The lowest BCUT2D eigenvalue weighted by Crippen LogP contribution is -2.41. The molecule has 2 saturated heterocycles. The SMILES string of the molecule is Cc1ncsc1C(=O)N1CC2CCCNC2C1. The molecule has 1 aromatic heterocycles. The number of rotatable bonds is 1. The minimum Gasteiger partial charge on any atom is -0.336 e. The van der Waals surface area contributed by atoms with Gasteiger partial charge in [-0.2, -0.15) is 0 Å². The van der Waals surface area contributed by atoms with E-state index in [0.717, 1.165) is 30.2 Å². The monoisotopic (exact) mass is 251 g/mol. The van der Waals surface area contributed by atoms with Crippen molar-refractivity contribution < 1.29 is 4.79 Å². The van der Waals surface area contributed by atoms with Gasteiger partial charge in [-0.25, -0.2) is 4.98 Å². The van der Waals surface area contributed by atoms with Crippen LogP contribution < -0.4 is 5.32 Å². The van der Waals surface area contributed by atoms with Crippen molar-refractivity contribution in [2.75, 3.05) is 19.6 Å². The van der Waals surface area contributed by atoms with Crippen LogP contribution in [0.15, 0.2) is 5.51 Å². The lowest BCUT2D eigenvalue weighted by Gasteiger charge is -2.24. The van der Waals surface area contributed by atoms with Crippen molar-refractivity contribution in [2.24, 2.45) is 5.92 Å². The number of nitrogens with zero attached hydrogens (tertiary/aromatic N) is 2. The summed E-state index contributed by atoms with van der Waals surface area (Å²) in [5.74, 6) is 0.821. The van der Waals surface area contributed by atoms with Gasteiger partial charge in [-0.15, -0.1) is 11.3 Å². The van der Waals surface area contributed by atoms with Gasteiger partial charge in [0.1, 0.15) is 4.88 Å². The third-order valence-corrected chi connectivity index (χ3v) is 4.74. The van der Waals surface area contributed by atoms with E-state index in [9.17, 15) is 4.79 Å². The quantitative estimate of drug-likeness (QED) is 0.817. The van der Waals surface area contributed by atoms with Gasteiger partial charge in [0.2, 0.25) is 0 Å². The summed E-state index contributed by atoms with van der Waals surface area (Å²) in [6.07, 6.45) is 2.49. The van der Waals surface area contributed by atoms with Crippen LogP contribution in [0.3, 0.4) is 0 Å². The molecule has 2 aliphatic rings.